The molecule has 1 heterocycles. The van der Waals surface area contributed by atoms with Crippen LogP contribution in [0.2, 0.25) is 0 Å². The Bertz CT molecular complexity index is 403. The van der Waals surface area contributed by atoms with Gasteiger partial charge in [0.15, 0.2) is 0 Å². The minimum absolute atomic E-state index is 0.163. The third-order valence-corrected chi connectivity index (χ3v) is 3.35. The fourth-order valence-corrected chi connectivity index (χ4v) is 2.46. The van der Waals surface area contributed by atoms with Crippen LogP contribution in [0.3, 0.4) is 0 Å². The lowest BCUT2D eigenvalue weighted by Crippen LogP contribution is -2.30. The minimum Gasteiger partial charge on any atom is -0.389 e. The highest BCUT2D eigenvalue weighted by atomic mass is 19.1. The summed E-state index contributed by atoms with van der Waals surface area (Å²) in [5, 5.41) is 9.71. The molecule has 1 N–H and O–H groups in total. The zero-order valence-electron chi connectivity index (χ0n) is 10.9. The van der Waals surface area contributed by atoms with E-state index in [-0.39, 0.29) is 11.9 Å². The zero-order chi connectivity index (χ0) is 13.1. The summed E-state index contributed by atoms with van der Waals surface area (Å²) in [4.78, 5) is 1.84. The lowest BCUT2D eigenvalue weighted by molar-refractivity contribution is 0.116. The number of aliphatic hydroxyl groups excluding tert-OH is 1. The molecule has 0 spiro atoms. The Labute approximate surface area is 107 Å². The Balaban J connectivity index is 2.19. The number of likely N-dealkylation sites (N-methyl/N-ethyl adjacent to an activating group) is 1. The van der Waals surface area contributed by atoms with E-state index in [1.807, 2.05) is 11.9 Å². The lowest BCUT2D eigenvalue weighted by atomic mass is 10.1. The molecule has 18 heavy (non-hydrogen) atoms. The molecule has 2 unspecified atom stereocenters. The van der Waals surface area contributed by atoms with Gasteiger partial charge in [0.1, 0.15) is 5.82 Å². The molecule has 0 amide bonds. The first-order chi connectivity index (χ1) is 8.59. The average molecular weight is 253 g/mol. The fraction of sp³-hybridized carbons (Fsp3) is 0.571. The number of hydrogen-bond acceptors (Lipinski definition) is 3. The Kier molecular flexibility index (Phi) is 4.19. The van der Waals surface area contributed by atoms with Gasteiger partial charge in [-0.2, -0.15) is 0 Å². The maximum atomic E-state index is 13.9. The normalized spacial score (nSPS) is 21.0. The van der Waals surface area contributed by atoms with Crippen LogP contribution in [0.15, 0.2) is 18.2 Å². The zero-order valence-corrected chi connectivity index (χ0v) is 10.9. The molecule has 3 nitrogen and oxygen atoms in total. The third kappa shape index (κ3) is 2.82. The van der Waals surface area contributed by atoms with Gasteiger partial charge in [-0.25, -0.2) is 4.39 Å². The van der Waals surface area contributed by atoms with E-state index in [4.69, 9.17) is 4.74 Å². The van der Waals surface area contributed by atoms with Crippen LogP contribution in [-0.2, 0) is 4.74 Å². The largest absolute Gasteiger partial charge is 0.389 e. The predicted molar refractivity (Wildman–Crippen MR) is 69.3 cm³/mol. The first-order valence-corrected chi connectivity index (χ1v) is 6.39. The van der Waals surface area contributed by atoms with Crippen LogP contribution in [0.5, 0.6) is 0 Å². The third-order valence-electron chi connectivity index (χ3n) is 3.35. The van der Waals surface area contributed by atoms with Crippen LogP contribution < -0.4 is 4.90 Å². The van der Waals surface area contributed by atoms with E-state index in [2.05, 4.69) is 0 Å². The van der Waals surface area contributed by atoms with Gasteiger partial charge in [0.2, 0.25) is 0 Å². The van der Waals surface area contributed by atoms with Crippen LogP contribution in [0.25, 0.3) is 0 Å². The molecule has 4 heteroatoms. The van der Waals surface area contributed by atoms with Gasteiger partial charge in [-0.05, 0) is 25.8 Å². The quantitative estimate of drug-likeness (QED) is 0.895. The number of anilines is 1. The molecule has 1 aliphatic rings. The van der Waals surface area contributed by atoms with Crippen LogP contribution in [0, 0.1) is 5.82 Å². The van der Waals surface area contributed by atoms with E-state index in [9.17, 15) is 9.50 Å². The van der Waals surface area contributed by atoms with Crippen molar-refractivity contribution < 1.29 is 14.2 Å². The monoisotopic (exact) mass is 253 g/mol. The second-order valence-electron chi connectivity index (χ2n) is 4.87. The van der Waals surface area contributed by atoms with Gasteiger partial charge in [-0.15, -0.1) is 0 Å². The maximum Gasteiger partial charge on any atom is 0.146 e. The molecule has 1 aromatic rings. The molecule has 0 aliphatic carbocycles. The van der Waals surface area contributed by atoms with Gasteiger partial charge in [-0.3, -0.25) is 0 Å². The first kappa shape index (κ1) is 13.3. The molecule has 0 radical (unpaired) electrons. The molecule has 1 fully saturated rings. The lowest BCUT2D eigenvalue weighted by Gasteiger charge is -2.26. The van der Waals surface area contributed by atoms with Gasteiger partial charge in [-0.1, -0.05) is 12.1 Å². The summed E-state index contributed by atoms with van der Waals surface area (Å²) in [5.41, 5.74) is 1.10. The Morgan fingerprint density at radius 2 is 2.33 bits per heavy atom. The van der Waals surface area contributed by atoms with E-state index in [0.717, 1.165) is 19.4 Å². The average Bonchev–Trinajstić information content (AvgIpc) is 2.81. The van der Waals surface area contributed by atoms with Crippen molar-refractivity contribution >= 4 is 5.69 Å². The SMILES string of the molecule is CC(O)c1cccc(F)c1N(C)CC1CCCO1. The van der Waals surface area contributed by atoms with Gasteiger partial charge >= 0.3 is 0 Å². The van der Waals surface area contributed by atoms with E-state index in [0.29, 0.717) is 17.8 Å². The van der Waals surface area contributed by atoms with Crippen molar-refractivity contribution in [3.63, 3.8) is 0 Å². The summed E-state index contributed by atoms with van der Waals surface area (Å²) in [6.45, 7) is 3.10. The summed E-state index contributed by atoms with van der Waals surface area (Å²) >= 11 is 0. The number of aliphatic hydroxyl groups is 1. The molecule has 0 aromatic heterocycles. The molecular weight excluding hydrogens is 233 g/mol. The number of hydrogen-bond donors (Lipinski definition) is 1. The van der Waals surface area contributed by atoms with Crippen molar-refractivity contribution in [1.82, 2.24) is 0 Å². The molecule has 0 saturated carbocycles. The predicted octanol–water partition coefficient (Wildman–Crippen LogP) is 2.49. The van der Waals surface area contributed by atoms with Crippen LogP contribution in [0.1, 0.15) is 31.4 Å². The van der Waals surface area contributed by atoms with Crippen molar-refractivity contribution in [2.24, 2.45) is 0 Å². The summed E-state index contributed by atoms with van der Waals surface area (Å²) in [6, 6.07) is 4.81. The van der Waals surface area contributed by atoms with Crippen molar-refractivity contribution in [1.29, 1.82) is 0 Å². The van der Waals surface area contributed by atoms with E-state index in [1.165, 1.54) is 6.07 Å². The van der Waals surface area contributed by atoms with Gasteiger partial charge in [0.25, 0.3) is 0 Å². The Morgan fingerprint density at radius 3 is 2.94 bits per heavy atom. The second-order valence-corrected chi connectivity index (χ2v) is 4.87. The molecule has 2 rings (SSSR count). The van der Waals surface area contributed by atoms with Crippen LogP contribution >= 0.6 is 0 Å². The molecule has 1 saturated heterocycles. The Morgan fingerprint density at radius 1 is 1.56 bits per heavy atom. The number of nitrogens with zero attached hydrogens (tertiary/aromatic N) is 1. The molecule has 1 aliphatic heterocycles. The second kappa shape index (κ2) is 5.67. The highest BCUT2D eigenvalue weighted by Gasteiger charge is 2.21. The standard InChI is InChI=1S/C14H20FNO2/c1-10(17)12-6-3-7-13(15)14(12)16(2)9-11-5-4-8-18-11/h3,6-7,10-11,17H,4-5,8-9H2,1-2H3. The van der Waals surface area contributed by atoms with Crippen molar-refractivity contribution in [2.75, 3.05) is 25.1 Å². The van der Waals surface area contributed by atoms with Gasteiger partial charge in [0, 0.05) is 25.8 Å². The number of para-hydroxylation sites is 1. The molecular formula is C14H20FNO2. The van der Waals surface area contributed by atoms with Crippen LogP contribution in [0.4, 0.5) is 10.1 Å². The molecule has 100 valence electrons. The van der Waals surface area contributed by atoms with Crippen molar-refractivity contribution in [3.8, 4) is 0 Å². The van der Waals surface area contributed by atoms with E-state index in [1.54, 1.807) is 19.1 Å². The van der Waals surface area contributed by atoms with Gasteiger partial charge < -0.3 is 14.7 Å². The first-order valence-electron chi connectivity index (χ1n) is 6.39. The summed E-state index contributed by atoms with van der Waals surface area (Å²) < 4.78 is 19.5. The highest BCUT2D eigenvalue weighted by molar-refractivity contribution is 5.55. The molecule has 2 atom stereocenters. The minimum atomic E-state index is -0.678. The van der Waals surface area contributed by atoms with E-state index < -0.39 is 6.10 Å². The highest BCUT2D eigenvalue weighted by Crippen LogP contribution is 2.29. The maximum absolute atomic E-state index is 13.9. The Hall–Kier alpha value is -1.13. The van der Waals surface area contributed by atoms with Crippen LogP contribution in [-0.4, -0.2) is 31.4 Å². The summed E-state index contributed by atoms with van der Waals surface area (Å²) in [7, 11) is 1.84. The van der Waals surface area contributed by atoms with E-state index >= 15 is 0 Å². The number of benzene rings is 1. The number of halogens is 1. The smallest absolute Gasteiger partial charge is 0.146 e. The van der Waals surface area contributed by atoms with Crippen molar-refractivity contribution in [3.05, 3.63) is 29.6 Å². The molecule has 0 bridgehead atoms. The summed E-state index contributed by atoms with van der Waals surface area (Å²) in [6.07, 6.45) is 1.57. The fourth-order valence-electron chi connectivity index (χ4n) is 2.46. The topological polar surface area (TPSA) is 32.7 Å². The number of ether oxygens (including phenoxy) is 1. The number of rotatable bonds is 4. The summed E-state index contributed by atoms with van der Waals surface area (Å²) in [5.74, 6) is -0.297. The van der Waals surface area contributed by atoms with Crippen molar-refractivity contribution in [2.45, 2.75) is 32.0 Å². The van der Waals surface area contributed by atoms with Gasteiger partial charge in [0.05, 0.1) is 17.9 Å². The molecule has 1 aromatic carbocycles.